The van der Waals surface area contributed by atoms with Crippen LogP contribution in [-0.2, 0) is 54.3 Å². The summed E-state index contributed by atoms with van der Waals surface area (Å²) < 4.78 is 74.3. The molecule has 0 atom stereocenters. The number of thiazole rings is 2. The predicted octanol–water partition coefficient (Wildman–Crippen LogP) is 11.7. The van der Waals surface area contributed by atoms with Crippen molar-refractivity contribution in [3.05, 3.63) is 81.3 Å². The van der Waals surface area contributed by atoms with Gasteiger partial charge in [-0.25, -0.2) is 14.8 Å². The van der Waals surface area contributed by atoms with Crippen molar-refractivity contribution in [3.63, 3.8) is 0 Å². The van der Waals surface area contributed by atoms with E-state index in [-0.39, 0.29) is 44.3 Å². The molecule has 8 rings (SSSR count). The third-order valence-corrected chi connectivity index (χ3v) is 14.8. The van der Waals surface area contributed by atoms with Crippen LogP contribution < -0.4 is 9.80 Å². The Kier molecular flexibility index (Phi) is 16.9. The van der Waals surface area contributed by atoms with Crippen molar-refractivity contribution in [2.75, 3.05) is 53.2 Å². The fraction of sp³-hybridized carbons (Fsp3) is 0.308. The first-order valence-electron chi connectivity index (χ1n) is 19.1. The molecule has 2 aliphatic rings. The van der Waals surface area contributed by atoms with Crippen LogP contribution in [0.3, 0.4) is 0 Å². The van der Waals surface area contributed by atoms with Gasteiger partial charge in [-0.1, -0.05) is 77.7 Å². The molecule has 342 valence electrons. The van der Waals surface area contributed by atoms with Crippen LogP contribution in [0.4, 0.5) is 33.0 Å². The largest absolute Gasteiger partial charge is 0.462 e. The van der Waals surface area contributed by atoms with Gasteiger partial charge >= 0.3 is 5.97 Å². The van der Waals surface area contributed by atoms with Crippen molar-refractivity contribution >= 4 is 157 Å². The van der Waals surface area contributed by atoms with Gasteiger partial charge in [-0.3, -0.25) is 9.11 Å². The minimum Gasteiger partial charge on any atom is -0.462 e. The third kappa shape index (κ3) is 11.8. The summed E-state index contributed by atoms with van der Waals surface area (Å²) in [5, 5.41) is 19.3. The standard InChI is InChI=1S/C21H21BrN4O5S2.C18H15BrCl2N4O3S2.Ni/c1-2-31-20(27)14-5-6-15-18(11-14)32-21(23-15)25-24-16-10-13-4-3-8-26(9-7-22)17(13)12-19(16)33(28,29)30;19-3-5-25-4-1-2-10-6-14(17(9-15(10)25)30(26,27)28)23-24-18-22-13-7-11(20)12(21)8-16(13)29-18;/h5-6,10-12H,2-4,7-9H2,1H3,(H,28,29,30);6-9H,1-5H2,(H,26,27,28);. The number of esters is 1. The van der Waals surface area contributed by atoms with Gasteiger partial charge in [0, 0.05) is 64.7 Å². The number of aromatic nitrogens is 2. The number of halogens is 4. The monoisotopic (exact) mass is 1160 g/mol. The molecule has 0 amide bonds. The van der Waals surface area contributed by atoms with E-state index < -0.39 is 26.2 Å². The Morgan fingerprint density at radius 3 is 1.70 bits per heavy atom. The van der Waals surface area contributed by atoms with E-state index in [1.807, 2.05) is 0 Å². The zero-order chi connectivity index (χ0) is 45.1. The van der Waals surface area contributed by atoms with Crippen LogP contribution in [0.5, 0.6) is 0 Å². The first-order valence-corrected chi connectivity index (χ1v) is 26.6. The van der Waals surface area contributed by atoms with Crippen LogP contribution >= 0.6 is 77.7 Å². The van der Waals surface area contributed by atoms with Gasteiger partial charge in [0.25, 0.3) is 20.2 Å². The number of hydrogen-bond donors (Lipinski definition) is 2. The third-order valence-electron chi connectivity index (χ3n) is 9.81. The number of anilines is 2. The number of benzene rings is 4. The minimum absolute atomic E-state index is 0. The van der Waals surface area contributed by atoms with E-state index in [2.05, 4.69) is 72.1 Å². The molecular formula is C39H36Br2Cl2N8NiO8S4. The molecule has 25 heteroatoms. The summed E-state index contributed by atoms with van der Waals surface area (Å²) in [5.74, 6) is -0.420. The van der Waals surface area contributed by atoms with Crippen LogP contribution in [0, 0.1) is 0 Å². The smallest absolute Gasteiger partial charge is 0.338 e. The predicted molar refractivity (Wildman–Crippen MR) is 255 cm³/mol. The molecule has 0 aliphatic carbocycles. The molecule has 0 radical (unpaired) electrons. The van der Waals surface area contributed by atoms with Crippen LogP contribution in [0.25, 0.3) is 20.4 Å². The van der Waals surface area contributed by atoms with Crippen LogP contribution in [-0.4, -0.2) is 85.3 Å². The van der Waals surface area contributed by atoms with E-state index in [0.717, 1.165) is 94.4 Å². The van der Waals surface area contributed by atoms with Crippen molar-refractivity contribution in [3.8, 4) is 0 Å². The van der Waals surface area contributed by atoms with Gasteiger partial charge in [0.15, 0.2) is 0 Å². The zero-order valence-corrected chi connectivity index (χ0v) is 42.3. The van der Waals surface area contributed by atoms with Crippen molar-refractivity contribution in [2.24, 2.45) is 20.5 Å². The second-order valence-electron chi connectivity index (χ2n) is 13.9. The Labute approximate surface area is 413 Å². The fourth-order valence-electron chi connectivity index (χ4n) is 7.03. The van der Waals surface area contributed by atoms with Crippen LogP contribution in [0.15, 0.2) is 84.8 Å². The number of hydrogen-bond acceptors (Lipinski definition) is 16. The maximum absolute atomic E-state index is 12.1. The molecule has 2 N–H and O–H groups in total. The van der Waals surface area contributed by atoms with E-state index in [0.29, 0.717) is 36.9 Å². The Balaban J connectivity index is 0.000000210. The zero-order valence-electron chi connectivity index (χ0n) is 33.4. The summed E-state index contributed by atoms with van der Waals surface area (Å²) in [6, 6.07) is 14.6. The van der Waals surface area contributed by atoms with E-state index in [1.54, 1.807) is 49.4 Å². The molecule has 0 saturated carbocycles. The summed E-state index contributed by atoms with van der Waals surface area (Å²) in [6.07, 6.45) is 3.45. The number of rotatable bonds is 12. The molecule has 0 bridgehead atoms. The first-order chi connectivity index (χ1) is 30.1. The van der Waals surface area contributed by atoms with Gasteiger partial charge in [-0.05, 0) is 98.3 Å². The average Bonchev–Trinajstić information content (AvgIpc) is 3.84. The number of fused-ring (bicyclic) bond motifs is 4. The Morgan fingerprint density at radius 1 is 0.734 bits per heavy atom. The van der Waals surface area contributed by atoms with Gasteiger partial charge in [-0.15, -0.1) is 20.5 Å². The Morgan fingerprint density at radius 2 is 1.22 bits per heavy atom. The van der Waals surface area contributed by atoms with Crippen molar-refractivity contribution in [1.82, 2.24) is 9.97 Å². The van der Waals surface area contributed by atoms with Crippen molar-refractivity contribution in [2.45, 2.75) is 42.4 Å². The molecule has 0 fully saturated rings. The molecule has 0 unspecified atom stereocenters. The van der Waals surface area contributed by atoms with E-state index in [1.165, 1.54) is 34.8 Å². The molecular weight excluding hydrogens is 1130 g/mol. The molecule has 0 spiro atoms. The number of carbonyl (C=O) groups excluding carboxylic acids is 1. The van der Waals surface area contributed by atoms with Gasteiger partial charge in [-0.2, -0.15) is 16.8 Å². The summed E-state index contributed by atoms with van der Waals surface area (Å²) >= 11 is 21.4. The topological polar surface area (TPSA) is 217 Å². The van der Waals surface area contributed by atoms with Gasteiger partial charge in [0.1, 0.15) is 21.2 Å². The molecule has 2 aromatic heterocycles. The SMILES string of the molecule is CCOC(=O)c1ccc2nc(N=Nc3cc4c(cc3S(=O)(=O)O)N(CCBr)CCC4)sc2c1.O=S(=O)(O)c1cc2c(cc1N=Nc1nc3cc(Cl)c(Cl)cc3s1)CCCN2CCBr.[Ni]. The Hall–Kier alpha value is -3.22. The molecule has 4 heterocycles. The summed E-state index contributed by atoms with van der Waals surface area (Å²) in [7, 11) is -9.01. The number of aryl methyl sites for hydroxylation is 2. The fourth-order valence-corrected chi connectivity index (χ4v) is 11.2. The first kappa shape index (κ1) is 50.2. The molecule has 4 aromatic carbocycles. The normalized spacial score (nSPS) is 14.1. The number of alkyl halides is 2. The molecule has 2 aliphatic heterocycles. The van der Waals surface area contributed by atoms with Crippen molar-refractivity contribution in [1.29, 1.82) is 0 Å². The van der Waals surface area contributed by atoms with E-state index in [4.69, 9.17) is 27.9 Å². The van der Waals surface area contributed by atoms with Crippen LogP contribution in [0.2, 0.25) is 10.0 Å². The second kappa shape index (κ2) is 21.6. The summed E-state index contributed by atoms with van der Waals surface area (Å²) in [5.41, 5.74) is 5.28. The number of azo groups is 2. The minimum atomic E-state index is -4.52. The second-order valence-corrected chi connectivity index (χ2v) is 21.1. The summed E-state index contributed by atoms with van der Waals surface area (Å²) in [6.45, 7) is 5.10. The molecule has 0 saturated heterocycles. The van der Waals surface area contributed by atoms with Gasteiger partial charge in [0.05, 0.1) is 42.6 Å². The number of carbonyl (C=O) groups is 1. The maximum atomic E-state index is 12.1. The maximum Gasteiger partial charge on any atom is 0.338 e. The summed E-state index contributed by atoms with van der Waals surface area (Å²) in [4.78, 5) is 24.3. The van der Waals surface area contributed by atoms with Gasteiger partial charge in [0.2, 0.25) is 10.3 Å². The molecule has 64 heavy (non-hydrogen) atoms. The van der Waals surface area contributed by atoms with Gasteiger partial charge < -0.3 is 14.5 Å². The van der Waals surface area contributed by atoms with E-state index in [9.17, 15) is 30.7 Å². The van der Waals surface area contributed by atoms with Crippen molar-refractivity contribution < 1.29 is 52.0 Å². The quantitative estimate of drug-likeness (QED) is 0.0385. The Bertz CT molecular complexity index is 2980. The average molecular weight is 1160 g/mol. The molecule has 16 nitrogen and oxygen atoms in total. The van der Waals surface area contributed by atoms with Crippen LogP contribution in [0.1, 0.15) is 41.3 Å². The number of nitrogens with zero attached hydrogens (tertiary/aromatic N) is 8. The molecule has 6 aromatic rings. The van der Waals surface area contributed by atoms with E-state index >= 15 is 0 Å². The number of ether oxygens (including phenoxy) is 1.